The number of allylic oxidation sites excluding steroid dienone is 4. The monoisotopic (exact) mass is 306 g/mol. The van der Waals surface area contributed by atoms with E-state index in [1.54, 1.807) is 0 Å². The number of dihydropyridines is 1. The molecule has 0 fully saturated rings. The molecule has 1 atom stereocenters. The van der Waals surface area contributed by atoms with E-state index in [1.165, 1.54) is 0 Å². The van der Waals surface area contributed by atoms with E-state index >= 15 is 0 Å². The van der Waals surface area contributed by atoms with Crippen LogP contribution in [-0.2, 0) is 4.79 Å². The van der Waals surface area contributed by atoms with Crippen LogP contribution in [-0.4, -0.2) is 5.78 Å². The van der Waals surface area contributed by atoms with Crippen LogP contribution in [0.1, 0.15) is 50.7 Å². The van der Waals surface area contributed by atoms with Crippen molar-refractivity contribution < 1.29 is 4.79 Å². The van der Waals surface area contributed by atoms with Gasteiger partial charge < -0.3 is 5.32 Å². The van der Waals surface area contributed by atoms with Crippen molar-refractivity contribution in [2.45, 2.75) is 46.5 Å². The van der Waals surface area contributed by atoms with Gasteiger partial charge in [0.15, 0.2) is 5.78 Å². The molecular weight excluding hydrogens is 284 g/mol. The van der Waals surface area contributed by atoms with Gasteiger partial charge in [0.1, 0.15) is 0 Å². The summed E-state index contributed by atoms with van der Waals surface area (Å²) in [5, 5.41) is 13.0. The number of hydrogen-bond acceptors (Lipinski definition) is 3. The number of benzene rings is 1. The number of aryl methyl sites for hydroxylation is 1. The highest BCUT2D eigenvalue weighted by Crippen LogP contribution is 2.46. The zero-order valence-corrected chi connectivity index (χ0v) is 14.2. The second-order valence-electron chi connectivity index (χ2n) is 7.40. The van der Waals surface area contributed by atoms with Crippen molar-refractivity contribution in [3.05, 3.63) is 57.9 Å². The van der Waals surface area contributed by atoms with Crippen LogP contribution >= 0.6 is 0 Å². The van der Waals surface area contributed by atoms with Gasteiger partial charge in [-0.05, 0) is 36.8 Å². The van der Waals surface area contributed by atoms with Crippen LogP contribution in [0.5, 0.6) is 0 Å². The first-order valence-electron chi connectivity index (χ1n) is 8.04. The smallest absolute Gasteiger partial charge is 0.162 e. The molecule has 3 heteroatoms. The van der Waals surface area contributed by atoms with Gasteiger partial charge in [-0.1, -0.05) is 38.1 Å². The SMILES string of the molecule is CC1=C(C#N)C(c2ccccc2C)C2=C(CC(C)(C)CC2=O)N1. The first kappa shape index (κ1) is 15.6. The van der Waals surface area contributed by atoms with E-state index in [-0.39, 0.29) is 17.1 Å². The summed E-state index contributed by atoms with van der Waals surface area (Å²) in [6.45, 7) is 8.22. The number of ketones is 1. The minimum Gasteiger partial charge on any atom is -0.361 e. The molecule has 23 heavy (non-hydrogen) atoms. The number of carbonyl (C=O) groups excluding carboxylic acids is 1. The van der Waals surface area contributed by atoms with E-state index in [0.717, 1.165) is 34.5 Å². The molecule has 1 aliphatic heterocycles. The summed E-state index contributed by atoms with van der Waals surface area (Å²) in [5.41, 5.74) is 5.45. The number of Topliss-reactive ketones (excluding diaryl/α,β-unsaturated/α-hetero) is 1. The predicted octanol–water partition coefficient (Wildman–Crippen LogP) is 4.12. The molecule has 1 aliphatic carbocycles. The molecule has 1 heterocycles. The van der Waals surface area contributed by atoms with Crippen molar-refractivity contribution in [1.29, 1.82) is 5.26 Å². The topological polar surface area (TPSA) is 52.9 Å². The Bertz CT molecular complexity index is 790. The summed E-state index contributed by atoms with van der Waals surface area (Å²) >= 11 is 0. The number of rotatable bonds is 1. The minimum absolute atomic E-state index is 0.0381. The molecule has 0 saturated carbocycles. The minimum atomic E-state index is -0.235. The highest BCUT2D eigenvalue weighted by Gasteiger charge is 2.41. The summed E-state index contributed by atoms with van der Waals surface area (Å²) in [6.07, 6.45) is 1.38. The second kappa shape index (κ2) is 5.38. The first-order chi connectivity index (χ1) is 10.8. The molecule has 0 radical (unpaired) electrons. The third-order valence-corrected chi connectivity index (χ3v) is 4.86. The summed E-state index contributed by atoms with van der Waals surface area (Å²) in [6, 6.07) is 10.4. The summed E-state index contributed by atoms with van der Waals surface area (Å²) < 4.78 is 0. The van der Waals surface area contributed by atoms with E-state index in [1.807, 2.05) is 38.1 Å². The maximum atomic E-state index is 12.9. The van der Waals surface area contributed by atoms with Crippen molar-refractivity contribution >= 4 is 5.78 Å². The Kier molecular flexibility index (Phi) is 3.64. The van der Waals surface area contributed by atoms with Crippen LogP contribution in [0.4, 0.5) is 0 Å². The fourth-order valence-corrected chi connectivity index (χ4v) is 3.81. The summed E-state index contributed by atoms with van der Waals surface area (Å²) in [5.74, 6) is -0.0710. The Morgan fingerprint density at radius 1 is 1.22 bits per heavy atom. The molecule has 0 amide bonds. The van der Waals surface area contributed by atoms with Crippen molar-refractivity contribution in [1.82, 2.24) is 5.32 Å². The molecular formula is C20H22N2O. The van der Waals surface area contributed by atoms with Gasteiger partial charge in [0.2, 0.25) is 0 Å². The number of nitrogens with zero attached hydrogens (tertiary/aromatic N) is 1. The number of hydrogen-bond donors (Lipinski definition) is 1. The quantitative estimate of drug-likeness (QED) is 0.849. The van der Waals surface area contributed by atoms with Gasteiger partial charge in [0.25, 0.3) is 0 Å². The molecule has 2 aliphatic rings. The van der Waals surface area contributed by atoms with E-state index in [2.05, 4.69) is 25.2 Å². The van der Waals surface area contributed by atoms with E-state index in [9.17, 15) is 10.1 Å². The largest absolute Gasteiger partial charge is 0.361 e. The number of nitrogens with one attached hydrogen (secondary N) is 1. The van der Waals surface area contributed by atoms with Crippen LogP contribution in [0.15, 0.2) is 46.8 Å². The highest BCUT2D eigenvalue weighted by atomic mass is 16.1. The number of carbonyl (C=O) groups is 1. The van der Waals surface area contributed by atoms with E-state index in [0.29, 0.717) is 12.0 Å². The Hall–Kier alpha value is -2.34. The Balaban J connectivity index is 2.22. The lowest BCUT2D eigenvalue weighted by molar-refractivity contribution is -0.118. The third-order valence-electron chi connectivity index (χ3n) is 4.86. The molecule has 1 N–H and O–H groups in total. The van der Waals surface area contributed by atoms with Crippen LogP contribution in [0.2, 0.25) is 0 Å². The fourth-order valence-electron chi connectivity index (χ4n) is 3.81. The molecule has 1 aromatic carbocycles. The Morgan fingerprint density at radius 3 is 2.57 bits per heavy atom. The van der Waals surface area contributed by atoms with Crippen molar-refractivity contribution in [2.75, 3.05) is 0 Å². The highest BCUT2D eigenvalue weighted by molar-refractivity contribution is 6.00. The van der Waals surface area contributed by atoms with E-state index in [4.69, 9.17) is 0 Å². The zero-order valence-electron chi connectivity index (χ0n) is 14.2. The molecule has 1 aromatic rings. The molecule has 0 saturated heterocycles. The summed E-state index contributed by atoms with van der Waals surface area (Å²) in [4.78, 5) is 12.9. The van der Waals surface area contributed by atoms with Gasteiger partial charge in [-0.3, -0.25) is 4.79 Å². The lowest BCUT2D eigenvalue weighted by Gasteiger charge is -2.39. The van der Waals surface area contributed by atoms with E-state index < -0.39 is 0 Å². The molecule has 3 nitrogen and oxygen atoms in total. The van der Waals surface area contributed by atoms with Gasteiger partial charge >= 0.3 is 0 Å². The molecule has 118 valence electrons. The Labute approximate surface area is 137 Å². The van der Waals surface area contributed by atoms with Gasteiger partial charge in [-0.25, -0.2) is 0 Å². The second-order valence-corrected chi connectivity index (χ2v) is 7.40. The maximum Gasteiger partial charge on any atom is 0.162 e. The number of nitriles is 1. The van der Waals surface area contributed by atoms with Gasteiger partial charge in [0, 0.05) is 23.4 Å². The summed E-state index contributed by atoms with van der Waals surface area (Å²) in [7, 11) is 0. The first-order valence-corrected chi connectivity index (χ1v) is 8.04. The van der Waals surface area contributed by atoms with Gasteiger partial charge in [-0.2, -0.15) is 5.26 Å². The fraction of sp³-hybridized carbons (Fsp3) is 0.400. The van der Waals surface area contributed by atoms with Crippen LogP contribution in [0.3, 0.4) is 0 Å². The standard InChI is InChI=1S/C20H22N2O/c1-12-7-5-6-8-14(12)18-15(11-21)13(2)22-16-9-20(3,4)10-17(23)19(16)18/h5-8,18,22H,9-10H2,1-4H3. The normalized spacial score (nSPS) is 23.3. The van der Waals surface area contributed by atoms with Crippen LogP contribution < -0.4 is 5.32 Å². The molecule has 0 aromatic heterocycles. The molecule has 0 bridgehead atoms. The third kappa shape index (κ3) is 2.59. The molecule has 3 rings (SSSR count). The maximum absolute atomic E-state index is 12.9. The van der Waals surface area contributed by atoms with Crippen LogP contribution in [0.25, 0.3) is 0 Å². The lowest BCUT2D eigenvalue weighted by Crippen LogP contribution is -2.37. The average molecular weight is 306 g/mol. The molecule has 0 spiro atoms. The predicted molar refractivity (Wildman–Crippen MR) is 90.4 cm³/mol. The van der Waals surface area contributed by atoms with Crippen molar-refractivity contribution in [3.63, 3.8) is 0 Å². The van der Waals surface area contributed by atoms with Crippen molar-refractivity contribution in [3.8, 4) is 6.07 Å². The Morgan fingerprint density at radius 2 is 1.91 bits per heavy atom. The average Bonchev–Trinajstić information content (AvgIpc) is 2.45. The van der Waals surface area contributed by atoms with Crippen molar-refractivity contribution in [2.24, 2.45) is 5.41 Å². The molecule has 1 unspecified atom stereocenters. The van der Waals surface area contributed by atoms with Crippen LogP contribution in [0, 0.1) is 23.7 Å². The lowest BCUT2D eigenvalue weighted by atomic mass is 9.68. The van der Waals surface area contributed by atoms with Gasteiger partial charge in [-0.15, -0.1) is 0 Å². The zero-order chi connectivity index (χ0) is 16.8. The van der Waals surface area contributed by atoms with Gasteiger partial charge in [0.05, 0.1) is 17.6 Å².